The lowest BCUT2D eigenvalue weighted by molar-refractivity contribution is 0.0933. The van der Waals surface area contributed by atoms with Crippen molar-refractivity contribution in [1.82, 2.24) is 20.2 Å². The summed E-state index contributed by atoms with van der Waals surface area (Å²) in [5.41, 5.74) is 0.360. The third-order valence-corrected chi connectivity index (χ3v) is 2.87. The fourth-order valence-electron chi connectivity index (χ4n) is 1.89. The number of carbonyl (C=O) groups excluding carboxylic acids is 1. The van der Waals surface area contributed by atoms with Crippen LogP contribution in [-0.2, 0) is 0 Å². The fourth-order valence-corrected chi connectivity index (χ4v) is 1.89. The molecule has 0 aliphatic carbocycles. The normalized spacial score (nSPS) is 20.2. The number of hydrogen-bond acceptors (Lipinski definition) is 5. The van der Waals surface area contributed by atoms with Crippen molar-refractivity contribution in [2.45, 2.75) is 12.5 Å². The molecule has 1 fully saturated rings. The number of anilines is 1. The SMILES string of the molecule is CNc1cnc(C(=O)NC2CCN(C)C2)cn1. The van der Waals surface area contributed by atoms with Gasteiger partial charge in [0.1, 0.15) is 11.5 Å². The maximum atomic E-state index is 11.9. The molecule has 1 aromatic heterocycles. The van der Waals surface area contributed by atoms with Crippen molar-refractivity contribution in [1.29, 1.82) is 0 Å². The number of amides is 1. The minimum absolute atomic E-state index is 0.152. The average molecular weight is 235 g/mol. The van der Waals surface area contributed by atoms with Crippen molar-refractivity contribution in [2.24, 2.45) is 0 Å². The monoisotopic (exact) mass is 235 g/mol. The number of nitrogens with zero attached hydrogens (tertiary/aromatic N) is 3. The van der Waals surface area contributed by atoms with Gasteiger partial charge < -0.3 is 15.5 Å². The van der Waals surface area contributed by atoms with Crippen LogP contribution in [0.4, 0.5) is 5.82 Å². The van der Waals surface area contributed by atoms with Gasteiger partial charge in [0.05, 0.1) is 12.4 Å². The van der Waals surface area contributed by atoms with E-state index in [0.717, 1.165) is 19.5 Å². The highest BCUT2D eigenvalue weighted by atomic mass is 16.2. The molecule has 1 atom stereocenters. The molecule has 1 aliphatic rings. The highest BCUT2D eigenvalue weighted by Gasteiger charge is 2.21. The molecule has 0 saturated carbocycles. The topological polar surface area (TPSA) is 70.2 Å². The van der Waals surface area contributed by atoms with Crippen LogP contribution >= 0.6 is 0 Å². The van der Waals surface area contributed by atoms with E-state index in [1.54, 1.807) is 13.2 Å². The van der Waals surface area contributed by atoms with Crippen molar-refractivity contribution in [2.75, 3.05) is 32.5 Å². The van der Waals surface area contributed by atoms with E-state index in [1.807, 2.05) is 7.05 Å². The first kappa shape index (κ1) is 11.8. The second-order valence-electron chi connectivity index (χ2n) is 4.26. The van der Waals surface area contributed by atoms with Gasteiger partial charge in [0.2, 0.25) is 0 Å². The van der Waals surface area contributed by atoms with E-state index in [4.69, 9.17) is 0 Å². The van der Waals surface area contributed by atoms with Crippen LogP contribution in [0.5, 0.6) is 0 Å². The quantitative estimate of drug-likeness (QED) is 0.769. The molecule has 1 amide bonds. The summed E-state index contributed by atoms with van der Waals surface area (Å²) in [5, 5.41) is 5.82. The smallest absolute Gasteiger partial charge is 0.271 e. The standard InChI is InChI=1S/C11H17N5O/c1-12-10-6-13-9(5-14-10)11(17)15-8-3-4-16(2)7-8/h5-6,8H,3-4,7H2,1-2H3,(H,12,14)(H,15,17). The minimum atomic E-state index is -0.152. The molecule has 6 nitrogen and oxygen atoms in total. The van der Waals surface area contributed by atoms with Crippen LogP contribution < -0.4 is 10.6 Å². The maximum absolute atomic E-state index is 11.9. The number of nitrogens with one attached hydrogen (secondary N) is 2. The highest BCUT2D eigenvalue weighted by Crippen LogP contribution is 2.07. The Morgan fingerprint density at radius 3 is 2.82 bits per heavy atom. The first-order valence-electron chi connectivity index (χ1n) is 5.68. The molecule has 92 valence electrons. The summed E-state index contributed by atoms with van der Waals surface area (Å²) in [5.74, 6) is 0.502. The summed E-state index contributed by atoms with van der Waals surface area (Å²) in [4.78, 5) is 22.2. The molecular weight excluding hydrogens is 218 g/mol. The predicted octanol–water partition coefficient (Wildman–Crippen LogP) is -0.0478. The Balaban J connectivity index is 1.94. The van der Waals surface area contributed by atoms with E-state index in [9.17, 15) is 4.79 Å². The zero-order chi connectivity index (χ0) is 12.3. The Kier molecular flexibility index (Phi) is 3.53. The van der Waals surface area contributed by atoms with Crippen LogP contribution in [0.1, 0.15) is 16.9 Å². The lowest BCUT2D eigenvalue weighted by atomic mass is 10.2. The molecule has 1 unspecified atom stereocenters. The van der Waals surface area contributed by atoms with Gasteiger partial charge in [-0.25, -0.2) is 9.97 Å². The molecule has 2 rings (SSSR count). The molecule has 0 radical (unpaired) electrons. The van der Waals surface area contributed by atoms with Gasteiger partial charge in [-0.1, -0.05) is 0 Å². The van der Waals surface area contributed by atoms with E-state index < -0.39 is 0 Å². The van der Waals surface area contributed by atoms with Crippen LogP contribution in [-0.4, -0.2) is 54.0 Å². The lowest BCUT2D eigenvalue weighted by Gasteiger charge is -2.12. The van der Waals surface area contributed by atoms with Gasteiger partial charge in [-0.05, 0) is 20.0 Å². The van der Waals surface area contributed by atoms with E-state index in [1.165, 1.54) is 6.20 Å². The number of rotatable bonds is 3. The molecule has 6 heteroatoms. The Morgan fingerprint density at radius 1 is 1.47 bits per heavy atom. The van der Waals surface area contributed by atoms with Gasteiger partial charge in [-0.3, -0.25) is 4.79 Å². The van der Waals surface area contributed by atoms with Crippen LogP contribution in [0, 0.1) is 0 Å². The Labute approximate surface area is 100 Å². The highest BCUT2D eigenvalue weighted by molar-refractivity contribution is 5.92. The molecule has 2 N–H and O–H groups in total. The molecule has 1 aromatic rings. The van der Waals surface area contributed by atoms with Gasteiger partial charge in [0.25, 0.3) is 5.91 Å². The number of hydrogen-bond donors (Lipinski definition) is 2. The number of likely N-dealkylation sites (N-methyl/N-ethyl adjacent to an activating group) is 1. The first-order valence-corrected chi connectivity index (χ1v) is 5.68. The number of aromatic nitrogens is 2. The predicted molar refractivity (Wildman–Crippen MR) is 64.9 cm³/mol. The Hall–Kier alpha value is -1.69. The third-order valence-electron chi connectivity index (χ3n) is 2.87. The van der Waals surface area contributed by atoms with Crippen LogP contribution in [0.3, 0.4) is 0 Å². The largest absolute Gasteiger partial charge is 0.372 e. The zero-order valence-electron chi connectivity index (χ0n) is 10.1. The zero-order valence-corrected chi connectivity index (χ0v) is 10.1. The molecular formula is C11H17N5O. The van der Waals surface area contributed by atoms with Gasteiger partial charge >= 0.3 is 0 Å². The summed E-state index contributed by atoms with van der Waals surface area (Å²) in [6.45, 7) is 1.92. The minimum Gasteiger partial charge on any atom is -0.372 e. The van der Waals surface area contributed by atoms with E-state index in [0.29, 0.717) is 11.5 Å². The van der Waals surface area contributed by atoms with E-state index >= 15 is 0 Å². The summed E-state index contributed by atoms with van der Waals surface area (Å²) in [6, 6.07) is 0.221. The van der Waals surface area contributed by atoms with Gasteiger partial charge in [-0.15, -0.1) is 0 Å². The fraction of sp³-hybridized carbons (Fsp3) is 0.545. The molecule has 0 spiro atoms. The summed E-state index contributed by atoms with van der Waals surface area (Å²) in [7, 11) is 3.81. The van der Waals surface area contributed by atoms with Crippen LogP contribution in [0.2, 0.25) is 0 Å². The first-order chi connectivity index (χ1) is 8.19. The Bertz CT molecular complexity index is 391. The lowest BCUT2D eigenvalue weighted by Crippen LogP contribution is -2.36. The summed E-state index contributed by atoms with van der Waals surface area (Å²) in [6.07, 6.45) is 4.03. The van der Waals surface area contributed by atoms with E-state index in [2.05, 4.69) is 25.5 Å². The summed E-state index contributed by atoms with van der Waals surface area (Å²) >= 11 is 0. The van der Waals surface area contributed by atoms with Gasteiger partial charge in [0.15, 0.2) is 0 Å². The Morgan fingerprint density at radius 2 is 2.29 bits per heavy atom. The third kappa shape index (κ3) is 2.91. The van der Waals surface area contributed by atoms with Gasteiger partial charge in [-0.2, -0.15) is 0 Å². The molecule has 2 heterocycles. The molecule has 0 bridgehead atoms. The molecule has 1 saturated heterocycles. The maximum Gasteiger partial charge on any atom is 0.271 e. The molecule has 0 aromatic carbocycles. The van der Waals surface area contributed by atoms with Crippen molar-refractivity contribution in [3.05, 3.63) is 18.1 Å². The van der Waals surface area contributed by atoms with Crippen molar-refractivity contribution < 1.29 is 4.79 Å². The van der Waals surface area contributed by atoms with Crippen molar-refractivity contribution in [3.63, 3.8) is 0 Å². The number of likely N-dealkylation sites (tertiary alicyclic amines) is 1. The van der Waals surface area contributed by atoms with Crippen molar-refractivity contribution in [3.8, 4) is 0 Å². The van der Waals surface area contributed by atoms with Crippen molar-refractivity contribution >= 4 is 11.7 Å². The number of carbonyl (C=O) groups is 1. The second kappa shape index (κ2) is 5.09. The van der Waals surface area contributed by atoms with Crippen LogP contribution in [0.15, 0.2) is 12.4 Å². The van der Waals surface area contributed by atoms with Gasteiger partial charge in [0, 0.05) is 19.6 Å². The van der Waals surface area contributed by atoms with Crippen LogP contribution in [0.25, 0.3) is 0 Å². The van der Waals surface area contributed by atoms with E-state index in [-0.39, 0.29) is 11.9 Å². The molecule has 17 heavy (non-hydrogen) atoms. The average Bonchev–Trinajstić information content (AvgIpc) is 2.75. The molecule has 1 aliphatic heterocycles. The summed E-state index contributed by atoms with van der Waals surface area (Å²) < 4.78 is 0. The second-order valence-corrected chi connectivity index (χ2v) is 4.26.